The quantitative estimate of drug-likeness (QED) is 0.751. The Labute approximate surface area is 169 Å². The Kier molecular flexibility index (Phi) is 6.68. The van der Waals surface area contributed by atoms with Gasteiger partial charge in [-0.25, -0.2) is 0 Å². The zero-order chi connectivity index (χ0) is 19.3. The fourth-order valence-corrected chi connectivity index (χ4v) is 5.32. The molecule has 1 aromatic heterocycles. The lowest BCUT2D eigenvalue weighted by molar-refractivity contribution is -0.149. The Morgan fingerprint density at radius 2 is 1.93 bits per heavy atom. The van der Waals surface area contributed by atoms with E-state index in [2.05, 4.69) is 21.1 Å². The Bertz CT molecular complexity index is 634. The van der Waals surface area contributed by atoms with E-state index in [0.29, 0.717) is 25.5 Å². The predicted octanol–water partition coefficient (Wildman–Crippen LogP) is 3.14. The molecule has 4 rings (SSSR count). The van der Waals surface area contributed by atoms with Crippen LogP contribution in [0.5, 0.6) is 0 Å². The van der Waals surface area contributed by atoms with Crippen LogP contribution in [0.1, 0.15) is 69.4 Å². The SMILES string of the molecule is Cn1cc([C@H]2[C@H](CN3CCCCC3)OCCN2C(=O)CCC2CCCC2)cn1. The maximum Gasteiger partial charge on any atom is 0.223 e. The first-order chi connectivity index (χ1) is 13.7. The highest BCUT2D eigenvalue weighted by atomic mass is 16.5. The molecule has 1 amide bonds. The van der Waals surface area contributed by atoms with Gasteiger partial charge in [0.25, 0.3) is 0 Å². The van der Waals surface area contributed by atoms with Gasteiger partial charge < -0.3 is 14.5 Å². The Morgan fingerprint density at radius 3 is 2.64 bits per heavy atom. The first-order valence-electron chi connectivity index (χ1n) is 11.3. The average molecular weight is 389 g/mol. The fourth-order valence-electron chi connectivity index (χ4n) is 5.32. The summed E-state index contributed by atoms with van der Waals surface area (Å²) in [5.41, 5.74) is 1.11. The molecule has 6 heteroatoms. The summed E-state index contributed by atoms with van der Waals surface area (Å²) in [6, 6.07) is -0.0135. The zero-order valence-electron chi connectivity index (χ0n) is 17.4. The summed E-state index contributed by atoms with van der Waals surface area (Å²) < 4.78 is 8.08. The van der Waals surface area contributed by atoms with Crippen molar-refractivity contribution in [3.63, 3.8) is 0 Å². The highest BCUT2D eigenvalue weighted by Gasteiger charge is 2.38. The second-order valence-electron chi connectivity index (χ2n) is 8.94. The van der Waals surface area contributed by atoms with Crippen molar-refractivity contribution < 1.29 is 9.53 Å². The molecular formula is C22H36N4O2. The van der Waals surface area contributed by atoms with Crippen molar-refractivity contribution in [1.29, 1.82) is 0 Å². The van der Waals surface area contributed by atoms with Gasteiger partial charge in [-0.2, -0.15) is 5.10 Å². The normalized spacial score (nSPS) is 27.4. The van der Waals surface area contributed by atoms with Crippen molar-refractivity contribution in [3.05, 3.63) is 18.0 Å². The molecule has 1 aromatic rings. The number of amides is 1. The molecule has 156 valence electrons. The number of carbonyl (C=O) groups excluding carboxylic acids is 1. The maximum absolute atomic E-state index is 13.2. The number of likely N-dealkylation sites (tertiary alicyclic amines) is 1. The molecule has 0 spiro atoms. The van der Waals surface area contributed by atoms with Crippen molar-refractivity contribution >= 4 is 5.91 Å². The molecule has 28 heavy (non-hydrogen) atoms. The summed E-state index contributed by atoms with van der Waals surface area (Å²) in [5.74, 6) is 1.05. The van der Waals surface area contributed by atoms with Gasteiger partial charge in [-0.1, -0.05) is 32.1 Å². The van der Waals surface area contributed by atoms with Gasteiger partial charge in [-0.3, -0.25) is 9.48 Å². The minimum atomic E-state index is -0.0135. The number of rotatable bonds is 6. The Hall–Kier alpha value is -1.40. The minimum absolute atomic E-state index is 0.0135. The van der Waals surface area contributed by atoms with Crippen molar-refractivity contribution in [1.82, 2.24) is 19.6 Å². The summed E-state index contributed by atoms with van der Waals surface area (Å²) in [5, 5.41) is 4.39. The zero-order valence-corrected chi connectivity index (χ0v) is 17.4. The number of morpholine rings is 1. The third-order valence-electron chi connectivity index (χ3n) is 6.87. The Morgan fingerprint density at radius 1 is 1.14 bits per heavy atom. The summed E-state index contributed by atoms with van der Waals surface area (Å²) in [4.78, 5) is 17.8. The molecule has 0 aromatic carbocycles. The molecule has 2 atom stereocenters. The van der Waals surface area contributed by atoms with Crippen LogP contribution in [0.15, 0.2) is 12.4 Å². The monoisotopic (exact) mass is 388 g/mol. The highest BCUT2D eigenvalue weighted by molar-refractivity contribution is 5.77. The van der Waals surface area contributed by atoms with Gasteiger partial charge in [0.2, 0.25) is 5.91 Å². The van der Waals surface area contributed by atoms with Crippen LogP contribution < -0.4 is 0 Å². The number of aryl methyl sites for hydroxylation is 1. The predicted molar refractivity (Wildman–Crippen MR) is 109 cm³/mol. The second kappa shape index (κ2) is 9.40. The van der Waals surface area contributed by atoms with E-state index in [1.165, 1.54) is 44.9 Å². The van der Waals surface area contributed by atoms with Crippen molar-refractivity contribution in [2.75, 3.05) is 32.8 Å². The lowest BCUT2D eigenvalue weighted by Gasteiger charge is -2.43. The second-order valence-corrected chi connectivity index (χ2v) is 8.94. The topological polar surface area (TPSA) is 50.6 Å². The summed E-state index contributed by atoms with van der Waals surface area (Å²) in [6.07, 6.45) is 14.9. The van der Waals surface area contributed by atoms with Gasteiger partial charge in [0.15, 0.2) is 0 Å². The third kappa shape index (κ3) is 4.77. The molecule has 3 fully saturated rings. The number of carbonyl (C=O) groups is 1. The van der Waals surface area contributed by atoms with E-state index in [4.69, 9.17) is 4.74 Å². The van der Waals surface area contributed by atoms with Gasteiger partial charge in [-0.15, -0.1) is 0 Å². The maximum atomic E-state index is 13.2. The molecule has 6 nitrogen and oxygen atoms in total. The number of aromatic nitrogens is 2. The van der Waals surface area contributed by atoms with Crippen LogP contribution in [0.25, 0.3) is 0 Å². The highest BCUT2D eigenvalue weighted by Crippen LogP contribution is 2.33. The molecule has 0 bridgehead atoms. The van der Waals surface area contributed by atoms with Crippen LogP contribution in [-0.4, -0.2) is 64.4 Å². The van der Waals surface area contributed by atoms with Crippen LogP contribution in [0, 0.1) is 5.92 Å². The first kappa shape index (κ1) is 19.9. The molecule has 3 heterocycles. The molecular weight excluding hydrogens is 352 g/mol. The third-order valence-corrected chi connectivity index (χ3v) is 6.87. The van der Waals surface area contributed by atoms with Gasteiger partial charge in [-0.05, 0) is 38.3 Å². The molecule has 2 aliphatic heterocycles. The molecule has 1 aliphatic carbocycles. The van der Waals surface area contributed by atoms with E-state index in [-0.39, 0.29) is 12.1 Å². The lowest BCUT2D eigenvalue weighted by Crippen LogP contribution is -2.52. The number of nitrogens with zero attached hydrogens (tertiary/aromatic N) is 4. The van der Waals surface area contributed by atoms with Crippen molar-refractivity contribution in [2.24, 2.45) is 13.0 Å². The molecule has 0 radical (unpaired) electrons. The van der Waals surface area contributed by atoms with Crippen molar-refractivity contribution in [3.8, 4) is 0 Å². The molecule has 2 saturated heterocycles. The van der Waals surface area contributed by atoms with Crippen LogP contribution in [0.3, 0.4) is 0 Å². The van der Waals surface area contributed by atoms with Gasteiger partial charge in [0, 0.05) is 38.3 Å². The number of piperidine rings is 1. The largest absolute Gasteiger partial charge is 0.373 e. The standard InChI is InChI=1S/C22H36N4O2/c1-24-16-19(15-23-24)22-20(17-25-11-5-2-6-12-25)28-14-13-26(22)21(27)10-9-18-7-3-4-8-18/h15-16,18,20,22H,2-14,17H2,1H3/t20-,22-/m0/s1. The van der Waals surface area contributed by atoms with Crippen molar-refractivity contribution in [2.45, 2.75) is 69.9 Å². The Balaban J connectivity index is 1.47. The number of ether oxygens (including phenoxy) is 1. The number of hydrogen-bond donors (Lipinski definition) is 0. The van der Waals surface area contributed by atoms with Crippen LogP contribution in [0.2, 0.25) is 0 Å². The molecule has 3 aliphatic rings. The van der Waals surface area contributed by atoms with E-state index in [9.17, 15) is 4.79 Å². The van der Waals surface area contributed by atoms with Crippen LogP contribution in [-0.2, 0) is 16.6 Å². The fraction of sp³-hybridized carbons (Fsp3) is 0.818. The molecule has 1 saturated carbocycles. The van der Waals surface area contributed by atoms with Gasteiger partial charge in [0.05, 0.1) is 24.9 Å². The smallest absolute Gasteiger partial charge is 0.223 e. The van der Waals surface area contributed by atoms with Crippen LogP contribution >= 0.6 is 0 Å². The lowest BCUT2D eigenvalue weighted by atomic mass is 9.97. The summed E-state index contributed by atoms with van der Waals surface area (Å²) in [6.45, 7) is 4.54. The number of hydrogen-bond acceptors (Lipinski definition) is 4. The van der Waals surface area contributed by atoms with E-state index < -0.39 is 0 Å². The van der Waals surface area contributed by atoms with E-state index in [1.54, 1.807) is 0 Å². The van der Waals surface area contributed by atoms with Crippen LogP contribution in [0.4, 0.5) is 0 Å². The van der Waals surface area contributed by atoms with E-state index >= 15 is 0 Å². The minimum Gasteiger partial charge on any atom is -0.373 e. The summed E-state index contributed by atoms with van der Waals surface area (Å²) >= 11 is 0. The van der Waals surface area contributed by atoms with E-state index in [1.807, 2.05) is 17.9 Å². The van der Waals surface area contributed by atoms with E-state index in [0.717, 1.165) is 37.5 Å². The summed E-state index contributed by atoms with van der Waals surface area (Å²) in [7, 11) is 1.94. The average Bonchev–Trinajstić information content (AvgIpc) is 3.38. The van der Waals surface area contributed by atoms with Gasteiger partial charge >= 0.3 is 0 Å². The molecule has 0 N–H and O–H groups in total. The molecule has 0 unspecified atom stereocenters. The first-order valence-corrected chi connectivity index (χ1v) is 11.3. The van der Waals surface area contributed by atoms with Gasteiger partial charge in [0.1, 0.15) is 0 Å².